The Morgan fingerprint density at radius 2 is 1.80 bits per heavy atom. The molecule has 5 heteroatoms. The highest BCUT2D eigenvalue weighted by Crippen LogP contribution is 1.66. The van der Waals surface area contributed by atoms with E-state index in [-0.39, 0.29) is 16.0 Å². The normalized spacial score (nSPS) is 7.80. The molecule has 0 aromatic carbocycles. The van der Waals surface area contributed by atoms with Crippen LogP contribution in [-0.4, -0.2) is 31.3 Å². The molecule has 10 heavy (non-hydrogen) atoms. The third kappa shape index (κ3) is 15.6. The molecule has 0 rings (SSSR count). The molecule has 0 fully saturated rings. The van der Waals surface area contributed by atoms with Gasteiger partial charge in [-0.05, 0) is 19.5 Å². The molecule has 0 bridgehead atoms. The van der Waals surface area contributed by atoms with E-state index in [1.54, 1.807) is 0 Å². The molecule has 0 amide bonds. The average molecular weight is 158 g/mol. The maximum absolute atomic E-state index is 8.27. The smallest absolute Gasteiger partial charge is 0.0555 e. The van der Waals surface area contributed by atoms with Gasteiger partial charge in [-0.15, -0.1) is 0 Å². The summed E-state index contributed by atoms with van der Waals surface area (Å²) in [7, 11) is 0. The van der Waals surface area contributed by atoms with E-state index < -0.39 is 0 Å². The molecule has 0 aliphatic rings. The number of nitrogens with two attached hydrogens (primary N) is 1. The van der Waals surface area contributed by atoms with Crippen molar-refractivity contribution in [2.75, 3.05) is 26.2 Å². The third-order valence-corrected chi connectivity index (χ3v) is 0.846. The molecule has 0 aromatic heterocycles. The molecule has 3 nitrogen and oxygen atoms in total. The van der Waals surface area contributed by atoms with Gasteiger partial charge < -0.3 is 16.2 Å². The summed E-state index contributed by atoms with van der Waals surface area (Å²) in [6, 6.07) is 0. The van der Waals surface area contributed by atoms with E-state index >= 15 is 0 Å². The zero-order chi connectivity index (χ0) is 6.24. The molecule has 0 spiro atoms. The van der Waals surface area contributed by atoms with Gasteiger partial charge in [0, 0.05) is 6.54 Å². The maximum Gasteiger partial charge on any atom is 0.0555 e. The Kier molecular flexibility index (Phi) is 26.0. The molecule has 0 saturated carbocycles. The van der Waals surface area contributed by atoms with Gasteiger partial charge in [-0.1, -0.05) is 0 Å². The molecular formula is C5H16F2N2O. The first-order valence-corrected chi connectivity index (χ1v) is 2.93. The summed E-state index contributed by atoms with van der Waals surface area (Å²) in [5.41, 5.74) is 5.21. The first-order valence-electron chi connectivity index (χ1n) is 2.93. The van der Waals surface area contributed by atoms with Crippen LogP contribution in [0.15, 0.2) is 0 Å². The van der Waals surface area contributed by atoms with E-state index in [0.717, 1.165) is 19.5 Å². The van der Waals surface area contributed by atoms with Crippen molar-refractivity contribution < 1.29 is 14.5 Å². The zero-order valence-electron chi connectivity index (χ0n) is 5.88. The lowest BCUT2D eigenvalue weighted by atomic mass is 10.4. The van der Waals surface area contributed by atoms with Crippen LogP contribution in [0.25, 0.3) is 0 Å². The number of nitrogens with one attached hydrogen (secondary N) is 1. The van der Waals surface area contributed by atoms with Crippen LogP contribution in [0, 0.1) is 0 Å². The molecule has 4 N–H and O–H groups in total. The fourth-order valence-corrected chi connectivity index (χ4v) is 0.431. The van der Waals surface area contributed by atoms with Gasteiger partial charge in [-0.25, -0.2) is 0 Å². The number of aliphatic hydroxyl groups excluding tert-OH is 1. The third-order valence-electron chi connectivity index (χ3n) is 0.846. The van der Waals surface area contributed by atoms with Gasteiger partial charge in [0.25, 0.3) is 0 Å². The van der Waals surface area contributed by atoms with Gasteiger partial charge in [0.1, 0.15) is 0 Å². The molecule has 0 aromatic rings. The highest BCUT2D eigenvalue weighted by Gasteiger charge is 1.81. The van der Waals surface area contributed by atoms with Crippen molar-refractivity contribution in [3.8, 4) is 0 Å². The Morgan fingerprint density at radius 1 is 1.20 bits per heavy atom. The minimum Gasteiger partial charge on any atom is -0.395 e. The summed E-state index contributed by atoms with van der Waals surface area (Å²) < 4.78 is 0. The van der Waals surface area contributed by atoms with E-state index in [2.05, 4.69) is 5.32 Å². The van der Waals surface area contributed by atoms with Gasteiger partial charge in [0.15, 0.2) is 0 Å². The molecule has 0 aliphatic heterocycles. The minimum absolute atomic E-state index is 0. The molecule has 0 heterocycles. The fraction of sp³-hybridized carbons (Fsp3) is 1.00. The number of hydrogen-bond donors (Lipinski definition) is 3. The lowest BCUT2D eigenvalue weighted by Crippen LogP contribution is -2.21. The monoisotopic (exact) mass is 158 g/mol. The summed E-state index contributed by atoms with van der Waals surface area (Å²) in [4.78, 5) is 0. The highest BCUT2D eigenvalue weighted by molar-refractivity contribution is 4.45. The van der Waals surface area contributed by atoms with Crippen LogP contribution in [0.4, 0.5) is 9.41 Å². The number of halogens is 2. The van der Waals surface area contributed by atoms with Crippen LogP contribution in [0.2, 0.25) is 0 Å². The molecule has 0 radical (unpaired) electrons. The summed E-state index contributed by atoms with van der Waals surface area (Å²) in [6.07, 6.45) is 0.986. The van der Waals surface area contributed by atoms with Crippen LogP contribution < -0.4 is 11.1 Å². The van der Waals surface area contributed by atoms with E-state index in [1.165, 1.54) is 0 Å². The second-order valence-electron chi connectivity index (χ2n) is 1.62. The topological polar surface area (TPSA) is 58.3 Å². The molecule has 0 atom stereocenters. The molecule has 0 unspecified atom stereocenters. The molecule has 66 valence electrons. The second kappa shape index (κ2) is 15.9. The molecular weight excluding hydrogens is 142 g/mol. The van der Waals surface area contributed by atoms with Crippen LogP contribution in [-0.2, 0) is 0 Å². The first kappa shape index (κ1) is 16.4. The van der Waals surface area contributed by atoms with Gasteiger partial charge >= 0.3 is 0 Å². The maximum atomic E-state index is 8.27. The highest BCUT2D eigenvalue weighted by atomic mass is 19.0. The van der Waals surface area contributed by atoms with E-state index in [4.69, 9.17) is 10.8 Å². The van der Waals surface area contributed by atoms with Gasteiger partial charge in [-0.2, -0.15) is 0 Å². The van der Waals surface area contributed by atoms with Gasteiger partial charge in [0.2, 0.25) is 0 Å². The van der Waals surface area contributed by atoms with Crippen LogP contribution in [0.1, 0.15) is 6.42 Å². The first-order chi connectivity index (χ1) is 3.91. The van der Waals surface area contributed by atoms with Crippen LogP contribution >= 0.6 is 0 Å². The Morgan fingerprint density at radius 3 is 2.20 bits per heavy atom. The molecule has 0 saturated heterocycles. The Hall–Kier alpha value is -0.260. The predicted molar refractivity (Wildman–Crippen MR) is 38.6 cm³/mol. The SMILES string of the molecule is F.F.NCCCNCCO. The van der Waals surface area contributed by atoms with Crippen molar-refractivity contribution >= 4 is 0 Å². The lowest BCUT2D eigenvalue weighted by molar-refractivity contribution is 0.292. The number of rotatable bonds is 5. The zero-order valence-corrected chi connectivity index (χ0v) is 5.88. The number of hydrogen-bond acceptors (Lipinski definition) is 3. The van der Waals surface area contributed by atoms with E-state index in [1.807, 2.05) is 0 Å². The quantitative estimate of drug-likeness (QED) is 0.460. The van der Waals surface area contributed by atoms with E-state index in [0.29, 0.717) is 6.54 Å². The van der Waals surface area contributed by atoms with Crippen molar-refractivity contribution in [1.82, 2.24) is 5.32 Å². The largest absolute Gasteiger partial charge is 0.395 e. The Labute approximate surface area is 59.3 Å². The summed E-state index contributed by atoms with van der Waals surface area (Å²) in [5.74, 6) is 0. The van der Waals surface area contributed by atoms with E-state index in [9.17, 15) is 0 Å². The van der Waals surface area contributed by atoms with Crippen LogP contribution in [0.5, 0.6) is 0 Å². The predicted octanol–water partition coefficient (Wildman–Crippen LogP) is -0.778. The summed E-state index contributed by atoms with van der Waals surface area (Å²) in [6.45, 7) is 2.53. The average Bonchev–Trinajstić information content (AvgIpc) is 1.81. The van der Waals surface area contributed by atoms with Gasteiger partial charge in [-0.3, -0.25) is 9.41 Å². The Bertz CT molecular complexity index is 42.6. The lowest BCUT2D eigenvalue weighted by Gasteiger charge is -1.97. The van der Waals surface area contributed by atoms with Crippen molar-refractivity contribution in [3.05, 3.63) is 0 Å². The Balaban J connectivity index is -0.000000245. The summed E-state index contributed by atoms with van der Waals surface area (Å²) >= 11 is 0. The minimum atomic E-state index is 0. The van der Waals surface area contributed by atoms with Crippen LogP contribution in [0.3, 0.4) is 0 Å². The number of aliphatic hydroxyl groups is 1. The van der Waals surface area contributed by atoms with Crippen molar-refractivity contribution in [2.45, 2.75) is 6.42 Å². The van der Waals surface area contributed by atoms with Gasteiger partial charge in [0.05, 0.1) is 6.61 Å². The molecule has 0 aliphatic carbocycles. The summed E-state index contributed by atoms with van der Waals surface area (Å²) in [5, 5.41) is 11.3. The van der Waals surface area contributed by atoms with Crippen molar-refractivity contribution in [2.24, 2.45) is 5.73 Å². The van der Waals surface area contributed by atoms with Crippen molar-refractivity contribution in [3.63, 3.8) is 0 Å². The second-order valence-corrected chi connectivity index (χ2v) is 1.62. The fourth-order valence-electron chi connectivity index (χ4n) is 0.431. The van der Waals surface area contributed by atoms with Crippen molar-refractivity contribution in [1.29, 1.82) is 0 Å². The standard InChI is InChI=1S/C5H14N2O.2FH/c6-2-1-3-7-4-5-8;;/h7-8H,1-6H2;2*1H.